The van der Waals surface area contributed by atoms with Crippen LogP contribution in [0.4, 0.5) is 0 Å². The lowest BCUT2D eigenvalue weighted by atomic mass is 10.2. The van der Waals surface area contributed by atoms with Gasteiger partial charge in [0.25, 0.3) is 8.32 Å². The van der Waals surface area contributed by atoms with E-state index in [1.165, 1.54) is 10.4 Å². The molecule has 0 atom stereocenters. The smallest absolute Gasteiger partial charge is 0.261 e. The first-order chi connectivity index (χ1) is 12.4. The van der Waals surface area contributed by atoms with E-state index in [1.807, 2.05) is 13.0 Å². The van der Waals surface area contributed by atoms with Crippen molar-refractivity contribution >= 4 is 18.7 Å². The maximum Gasteiger partial charge on any atom is 0.261 e. The van der Waals surface area contributed by atoms with E-state index in [0.29, 0.717) is 13.2 Å². The Balaban J connectivity index is 2.46. The lowest BCUT2D eigenvalue weighted by Crippen LogP contribution is -2.66. The SMILES string of the molecule is C=C(/C=C\OCC)CO[Si](c1ccccc1)(c1ccccc1)C(C)(C)C. The quantitative estimate of drug-likeness (QED) is 0.384. The molecule has 0 amide bonds. The topological polar surface area (TPSA) is 18.5 Å². The van der Waals surface area contributed by atoms with Crippen LogP contribution in [0.15, 0.2) is 85.2 Å². The normalized spacial score (nSPS) is 12.3. The van der Waals surface area contributed by atoms with E-state index in [9.17, 15) is 0 Å². The van der Waals surface area contributed by atoms with Crippen molar-refractivity contribution in [1.82, 2.24) is 0 Å². The minimum absolute atomic E-state index is 0.0282. The standard InChI is InChI=1S/C23H30O2Si/c1-6-24-18-17-20(2)19-25-26(23(3,4)5,21-13-9-7-10-14-21)22-15-11-8-12-16-22/h7-18H,2,6,19H2,1,3-5H3/b18-17-. The zero-order valence-electron chi connectivity index (χ0n) is 16.4. The van der Waals surface area contributed by atoms with Gasteiger partial charge in [0.2, 0.25) is 0 Å². The van der Waals surface area contributed by atoms with Crippen LogP contribution >= 0.6 is 0 Å². The summed E-state index contributed by atoms with van der Waals surface area (Å²) in [5.41, 5.74) is 0.909. The van der Waals surface area contributed by atoms with Crippen LogP contribution in [-0.4, -0.2) is 21.5 Å². The molecule has 2 rings (SSSR count). The van der Waals surface area contributed by atoms with E-state index in [0.717, 1.165) is 5.57 Å². The second kappa shape index (κ2) is 9.02. The summed E-state index contributed by atoms with van der Waals surface area (Å²) in [6.07, 6.45) is 3.58. The lowest BCUT2D eigenvalue weighted by molar-refractivity contribution is 0.268. The molecular formula is C23H30O2Si. The fraction of sp³-hybridized carbons (Fsp3) is 0.304. The Morgan fingerprint density at radius 1 is 0.962 bits per heavy atom. The van der Waals surface area contributed by atoms with Gasteiger partial charge in [0.1, 0.15) is 0 Å². The molecule has 0 aliphatic rings. The molecule has 0 fully saturated rings. The van der Waals surface area contributed by atoms with E-state index >= 15 is 0 Å². The monoisotopic (exact) mass is 366 g/mol. The summed E-state index contributed by atoms with van der Waals surface area (Å²) in [5.74, 6) is 0. The molecule has 0 aliphatic carbocycles. The maximum absolute atomic E-state index is 6.79. The zero-order chi connectivity index (χ0) is 19.0. The maximum atomic E-state index is 6.79. The molecule has 138 valence electrons. The Hall–Kier alpha value is -2.10. The van der Waals surface area contributed by atoms with Crippen molar-refractivity contribution in [1.29, 1.82) is 0 Å². The highest BCUT2D eigenvalue weighted by Gasteiger charge is 2.50. The largest absolute Gasteiger partial charge is 0.501 e. The summed E-state index contributed by atoms with van der Waals surface area (Å²) in [5, 5.41) is 2.53. The highest BCUT2D eigenvalue weighted by molar-refractivity contribution is 6.99. The van der Waals surface area contributed by atoms with E-state index in [2.05, 4.69) is 88.0 Å². The van der Waals surface area contributed by atoms with E-state index in [-0.39, 0.29) is 5.04 Å². The first kappa shape index (κ1) is 20.2. The van der Waals surface area contributed by atoms with Gasteiger partial charge >= 0.3 is 0 Å². The van der Waals surface area contributed by atoms with Crippen molar-refractivity contribution in [3.8, 4) is 0 Å². The first-order valence-electron chi connectivity index (χ1n) is 9.12. The summed E-state index contributed by atoms with van der Waals surface area (Å²) in [4.78, 5) is 0. The average molecular weight is 367 g/mol. The number of benzene rings is 2. The molecule has 26 heavy (non-hydrogen) atoms. The van der Waals surface area contributed by atoms with Crippen LogP contribution in [0.25, 0.3) is 0 Å². The molecule has 0 unspecified atom stereocenters. The lowest BCUT2D eigenvalue weighted by Gasteiger charge is -2.43. The third kappa shape index (κ3) is 4.54. The molecule has 0 bridgehead atoms. The van der Waals surface area contributed by atoms with Gasteiger partial charge in [-0.15, -0.1) is 0 Å². The van der Waals surface area contributed by atoms with Gasteiger partial charge in [-0.25, -0.2) is 0 Å². The van der Waals surface area contributed by atoms with Crippen LogP contribution in [0, 0.1) is 0 Å². The van der Waals surface area contributed by atoms with E-state index in [4.69, 9.17) is 9.16 Å². The van der Waals surface area contributed by atoms with E-state index in [1.54, 1.807) is 6.26 Å². The van der Waals surface area contributed by atoms with Gasteiger partial charge in [-0.2, -0.15) is 0 Å². The van der Waals surface area contributed by atoms with Gasteiger partial charge in [-0.1, -0.05) is 88.0 Å². The third-order valence-corrected chi connectivity index (χ3v) is 9.44. The minimum atomic E-state index is -2.50. The van der Waals surface area contributed by atoms with Gasteiger partial charge in [0.15, 0.2) is 0 Å². The Labute approximate surface area is 159 Å². The molecule has 0 N–H and O–H groups in total. The van der Waals surface area contributed by atoms with Crippen molar-refractivity contribution in [2.75, 3.05) is 13.2 Å². The molecule has 2 nitrogen and oxygen atoms in total. The molecule has 2 aromatic rings. The second-order valence-electron chi connectivity index (χ2n) is 7.37. The molecule has 3 heteroatoms. The van der Waals surface area contributed by atoms with Crippen molar-refractivity contribution < 1.29 is 9.16 Å². The van der Waals surface area contributed by atoms with Gasteiger partial charge in [-0.05, 0) is 34.0 Å². The van der Waals surface area contributed by atoms with Gasteiger partial charge < -0.3 is 9.16 Å². The van der Waals surface area contributed by atoms with Crippen LogP contribution in [0.5, 0.6) is 0 Å². The number of hydrogen-bond donors (Lipinski definition) is 0. The van der Waals surface area contributed by atoms with Crippen LogP contribution < -0.4 is 10.4 Å². The second-order valence-corrected chi connectivity index (χ2v) is 11.7. The summed E-state index contributed by atoms with van der Waals surface area (Å²) >= 11 is 0. The van der Waals surface area contributed by atoms with Crippen LogP contribution in [0.1, 0.15) is 27.7 Å². The first-order valence-corrected chi connectivity index (χ1v) is 11.0. The predicted molar refractivity (Wildman–Crippen MR) is 113 cm³/mol. The highest BCUT2D eigenvalue weighted by atomic mass is 28.4. The zero-order valence-corrected chi connectivity index (χ0v) is 17.4. The molecule has 0 aromatic heterocycles. The average Bonchev–Trinajstić information content (AvgIpc) is 2.63. The molecule has 2 aromatic carbocycles. The molecule has 0 spiro atoms. The molecule has 0 aliphatic heterocycles. The summed E-state index contributed by atoms with van der Waals surface area (Å²) < 4.78 is 12.1. The number of ether oxygens (including phenoxy) is 1. The van der Waals surface area contributed by atoms with Crippen molar-refractivity contribution in [3.63, 3.8) is 0 Å². The third-order valence-electron chi connectivity index (χ3n) is 4.46. The number of hydrogen-bond acceptors (Lipinski definition) is 2. The predicted octanol–water partition coefficient (Wildman–Crippen LogP) is 4.67. The Bertz CT molecular complexity index is 675. The van der Waals surface area contributed by atoms with Gasteiger partial charge in [0.05, 0.1) is 19.5 Å². The Kier molecular flexibility index (Phi) is 7.01. The Morgan fingerprint density at radius 2 is 1.46 bits per heavy atom. The molecule has 0 heterocycles. The van der Waals surface area contributed by atoms with Crippen molar-refractivity contribution in [2.24, 2.45) is 0 Å². The number of rotatable bonds is 8. The van der Waals surface area contributed by atoms with Crippen LogP contribution in [-0.2, 0) is 9.16 Å². The molecule has 0 radical (unpaired) electrons. The molecule has 0 saturated heterocycles. The fourth-order valence-electron chi connectivity index (χ4n) is 3.25. The fourth-order valence-corrected chi connectivity index (χ4v) is 7.81. The van der Waals surface area contributed by atoms with E-state index < -0.39 is 8.32 Å². The van der Waals surface area contributed by atoms with Crippen molar-refractivity contribution in [3.05, 3.63) is 85.2 Å². The molecular weight excluding hydrogens is 336 g/mol. The van der Waals surface area contributed by atoms with Crippen LogP contribution in [0.2, 0.25) is 5.04 Å². The van der Waals surface area contributed by atoms with Crippen molar-refractivity contribution in [2.45, 2.75) is 32.7 Å². The summed E-state index contributed by atoms with van der Waals surface area (Å²) in [6.45, 7) is 14.1. The van der Waals surface area contributed by atoms with Crippen LogP contribution in [0.3, 0.4) is 0 Å². The van der Waals surface area contributed by atoms with Gasteiger partial charge in [-0.3, -0.25) is 0 Å². The molecule has 0 saturated carbocycles. The van der Waals surface area contributed by atoms with Gasteiger partial charge in [0, 0.05) is 0 Å². The highest BCUT2D eigenvalue weighted by Crippen LogP contribution is 2.36. The summed E-state index contributed by atoms with van der Waals surface area (Å²) in [6, 6.07) is 21.3. The Morgan fingerprint density at radius 3 is 1.88 bits per heavy atom. The summed E-state index contributed by atoms with van der Waals surface area (Å²) in [7, 11) is -2.50. The minimum Gasteiger partial charge on any atom is -0.501 e.